The zero-order valence-electron chi connectivity index (χ0n) is 18.9. The van der Waals surface area contributed by atoms with Gasteiger partial charge < -0.3 is 9.64 Å². The van der Waals surface area contributed by atoms with E-state index in [0.717, 1.165) is 42.7 Å². The summed E-state index contributed by atoms with van der Waals surface area (Å²) in [4.78, 5) is 13.8. The van der Waals surface area contributed by atoms with Crippen LogP contribution >= 0.6 is 0 Å². The van der Waals surface area contributed by atoms with Gasteiger partial charge in [-0.2, -0.15) is 4.31 Å². The van der Waals surface area contributed by atoms with Gasteiger partial charge in [0.05, 0.1) is 11.5 Å². The first-order chi connectivity index (χ1) is 15.4. The van der Waals surface area contributed by atoms with Crippen LogP contribution in [0.5, 0.6) is 5.75 Å². The predicted molar refractivity (Wildman–Crippen MR) is 126 cm³/mol. The molecule has 1 saturated heterocycles. The molecule has 0 aromatic heterocycles. The van der Waals surface area contributed by atoms with Gasteiger partial charge in [-0.3, -0.25) is 4.79 Å². The monoisotopic (exact) mass is 456 g/mol. The number of aryl methyl sites for hydroxylation is 1. The Bertz CT molecular complexity index is 1060. The van der Waals surface area contributed by atoms with Crippen LogP contribution in [0.2, 0.25) is 0 Å². The number of fused-ring (bicyclic) bond motifs is 1. The molecule has 0 aliphatic carbocycles. The van der Waals surface area contributed by atoms with Crippen LogP contribution in [-0.2, 0) is 27.7 Å². The van der Waals surface area contributed by atoms with Crippen molar-refractivity contribution >= 4 is 21.6 Å². The highest BCUT2D eigenvalue weighted by Crippen LogP contribution is 2.32. The number of rotatable bonds is 7. The molecule has 2 aromatic rings. The maximum absolute atomic E-state index is 13.2. The highest BCUT2D eigenvalue weighted by Gasteiger charge is 2.31. The van der Waals surface area contributed by atoms with Crippen molar-refractivity contribution in [1.82, 2.24) is 4.31 Å². The molecule has 1 amide bonds. The van der Waals surface area contributed by atoms with Crippen molar-refractivity contribution in [3.63, 3.8) is 0 Å². The van der Waals surface area contributed by atoms with Crippen LogP contribution in [0.15, 0.2) is 47.4 Å². The Morgan fingerprint density at radius 2 is 1.78 bits per heavy atom. The molecule has 0 saturated carbocycles. The maximum Gasteiger partial charge on any atom is 0.243 e. The Morgan fingerprint density at radius 3 is 2.44 bits per heavy atom. The summed E-state index contributed by atoms with van der Waals surface area (Å²) in [5.74, 6) is 1.43. The van der Waals surface area contributed by atoms with Crippen molar-refractivity contribution in [3.05, 3.63) is 53.6 Å². The standard InChI is InChI=1S/C25H32N2O4S/c1-3-31-23-8-6-20(7-9-23)4-5-21-12-15-26(16-13-21)32(29,30)24-10-11-25-22(18-24)14-17-27(25)19(2)28/h6-11,18,21H,3-5,12-17H2,1-2H3. The second-order valence-corrected chi connectivity index (χ2v) is 10.6. The number of amides is 1. The van der Waals surface area contributed by atoms with Crippen molar-refractivity contribution in [2.45, 2.75) is 50.8 Å². The van der Waals surface area contributed by atoms with E-state index in [1.807, 2.05) is 19.1 Å². The van der Waals surface area contributed by atoms with Crippen LogP contribution in [0.4, 0.5) is 5.69 Å². The molecule has 2 aliphatic rings. The number of sulfonamides is 1. The molecule has 2 heterocycles. The minimum atomic E-state index is -3.51. The Morgan fingerprint density at radius 1 is 1.06 bits per heavy atom. The predicted octanol–water partition coefficient (Wildman–Crippen LogP) is 4.03. The quantitative estimate of drug-likeness (QED) is 0.631. The maximum atomic E-state index is 13.2. The third-order valence-corrected chi connectivity index (χ3v) is 8.51. The molecule has 0 bridgehead atoms. The first kappa shape index (κ1) is 22.8. The molecule has 4 rings (SSSR count). The van der Waals surface area contributed by atoms with Crippen LogP contribution < -0.4 is 9.64 Å². The summed E-state index contributed by atoms with van der Waals surface area (Å²) >= 11 is 0. The Balaban J connectivity index is 1.33. The normalized spacial score (nSPS) is 17.4. The van der Waals surface area contributed by atoms with E-state index in [9.17, 15) is 13.2 Å². The fraction of sp³-hybridized carbons (Fsp3) is 0.480. The number of carbonyl (C=O) groups excluding carboxylic acids is 1. The molecule has 6 nitrogen and oxygen atoms in total. The number of benzene rings is 2. The molecule has 172 valence electrons. The van der Waals surface area contributed by atoms with Crippen LogP contribution in [0.3, 0.4) is 0 Å². The van der Waals surface area contributed by atoms with Gasteiger partial charge >= 0.3 is 0 Å². The summed E-state index contributed by atoms with van der Waals surface area (Å²) in [7, 11) is -3.51. The zero-order valence-corrected chi connectivity index (χ0v) is 19.7. The lowest BCUT2D eigenvalue weighted by atomic mass is 9.91. The van der Waals surface area contributed by atoms with Crippen molar-refractivity contribution in [2.24, 2.45) is 5.92 Å². The summed E-state index contributed by atoms with van der Waals surface area (Å²) in [5.41, 5.74) is 3.07. The lowest BCUT2D eigenvalue weighted by Gasteiger charge is -2.31. The van der Waals surface area contributed by atoms with Gasteiger partial charge in [0, 0.05) is 32.2 Å². The first-order valence-corrected chi connectivity index (χ1v) is 13.0. The summed E-state index contributed by atoms with van der Waals surface area (Å²) in [6, 6.07) is 13.4. The lowest BCUT2D eigenvalue weighted by molar-refractivity contribution is -0.116. The van der Waals surface area contributed by atoms with Gasteiger partial charge in [0.2, 0.25) is 15.9 Å². The SMILES string of the molecule is CCOc1ccc(CCC2CCN(S(=O)(=O)c3ccc4c(c3)CCN4C(C)=O)CC2)cc1. The molecule has 32 heavy (non-hydrogen) atoms. The smallest absolute Gasteiger partial charge is 0.243 e. The van der Waals surface area contributed by atoms with Crippen LogP contribution in [0.25, 0.3) is 0 Å². The van der Waals surface area contributed by atoms with E-state index >= 15 is 0 Å². The van der Waals surface area contributed by atoms with Gasteiger partial charge in [-0.1, -0.05) is 12.1 Å². The Kier molecular flexibility index (Phi) is 6.86. The molecule has 0 unspecified atom stereocenters. The average molecular weight is 457 g/mol. The largest absolute Gasteiger partial charge is 0.494 e. The Hall–Kier alpha value is -2.38. The first-order valence-electron chi connectivity index (χ1n) is 11.5. The average Bonchev–Trinajstić information content (AvgIpc) is 3.23. The van der Waals surface area contributed by atoms with Gasteiger partial charge in [-0.05, 0) is 86.4 Å². The van der Waals surface area contributed by atoms with E-state index in [0.29, 0.717) is 43.5 Å². The van der Waals surface area contributed by atoms with E-state index < -0.39 is 10.0 Å². The number of hydrogen-bond donors (Lipinski definition) is 0. The molecular formula is C25H32N2O4S. The molecule has 2 aromatic carbocycles. The van der Waals surface area contributed by atoms with Crippen molar-refractivity contribution < 1.29 is 17.9 Å². The minimum Gasteiger partial charge on any atom is -0.494 e. The number of carbonyl (C=O) groups is 1. The van der Waals surface area contributed by atoms with E-state index in [1.54, 1.807) is 34.3 Å². The summed E-state index contributed by atoms with van der Waals surface area (Å²) in [6.45, 7) is 5.93. The van der Waals surface area contributed by atoms with Crippen LogP contribution in [0.1, 0.15) is 44.2 Å². The van der Waals surface area contributed by atoms with Gasteiger partial charge in [0.1, 0.15) is 5.75 Å². The number of hydrogen-bond acceptors (Lipinski definition) is 4. The van der Waals surface area contributed by atoms with Crippen LogP contribution in [0, 0.1) is 5.92 Å². The van der Waals surface area contributed by atoms with E-state index in [2.05, 4.69) is 12.1 Å². The summed E-state index contributed by atoms with van der Waals surface area (Å²) in [6.07, 6.45) is 4.55. The third kappa shape index (κ3) is 4.84. The van der Waals surface area contributed by atoms with Crippen molar-refractivity contribution in [2.75, 3.05) is 31.1 Å². The minimum absolute atomic E-state index is 0.00772. The second-order valence-electron chi connectivity index (χ2n) is 8.67. The van der Waals surface area contributed by atoms with E-state index in [1.165, 1.54) is 5.56 Å². The Labute approximate surface area is 191 Å². The highest BCUT2D eigenvalue weighted by atomic mass is 32.2. The van der Waals surface area contributed by atoms with Gasteiger partial charge in [-0.15, -0.1) is 0 Å². The molecule has 1 fully saturated rings. The molecule has 0 radical (unpaired) electrons. The molecule has 7 heteroatoms. The lowest BCUT2D eigenvalue weighted by Crippen LogP contribution is -2.38. The van der Waals surface area contributed by atoms with E-state index in [-0.39, 0.29) is 5.91 Å². The van der Waals surface area contributed by atoms with Gasteiger partial charge in [0.25, 0.3) is 0 Å². The fourth-order valence-corrected chi connectivity index (χ4v) is 6.26. The molecule has 2 aliphatic heterocycles. The number of piperidine rings is 1. The molecule has 0 atom stereocenters. The van der Waals surface area contributed by atoms with Gasteiger partial charge in [-0.25, -0.2) is 8.42 Å². The van der Waals surface area contributed by atoms with Crippen molar-refractivity contribution in [3.8, 4) is 5.75 Å². The topological polar surface area (TPSA) is 66.9 Å². The summed E-state index contributed by atoms with van der Waals surface area (Å²) < 4.78 is 33.5. The molecule has 0 N–H and O–H groups in total. The molecular weight excluding hydrogens is 424 g/mol. The zero-order chi connectivity index (χ0) is 22.7. The van der Waals surface area contributed by atoms with Gasteiger partial charge in [0.15, 0.2) is 0 Å². The molecule has 0 spiro atoms. The number of nitrogens with zero attached hydrogens (tertiary/aromatic N) is 2. The fourth-order valence-electron chi connectivity index (χ4n) is 4.74. The highest BCUT2D eigenvalue weighted by molar-refractivity contribution is 7.89. The summed E-state index contributed by atoms with van der Waals surface area (Å²) in [5, 5.41) is 0. The second kappa shape index (κ2) is 9.63. The number of anilines is 1. The van der Waals surface area contributed by atoms with Crippen molar-refractivity contribution in [1.29, 1.82) is 0 Å². The number of ether oxygens (including phenoxy) is 1. The third-order valence-electron chi connectivity index (χ3n) is 6.61. The van der Waals surface area contributed by atoms with Crippen LogP contribution in [-0.4, -0.2) is 44.9 Å². The van der Waals surface area contributed by atoms with E-state index in [4.69, 9.17) is 4.74 Å².